The molecule has 242 valence electrons. The molecule has 0 N–H and O–H groups in total. The van der Waals surface area contributed by atoms with E-state index in [2.05, 4.69) is 183 Å². The summed E-state index contributed by atoms with van der Waals surface area (Å²) in [5.74, 6) is 0. The van der Waals surface area contributed by atoms with Gasteiger partial charge in [-0.15, -0.1) is 0 Å². The molecule has 0 saturated carbocycles. The number of benzene rings is 5. The van der Waals surface area contributed by atoms with E-state index < -0.39 is 5.41 Å². The van der Waals surface area contributed by atoms with Crippen LogP contribution >= 0.6 is 0 Å². The van der Waals surface area contributed by atoms with E-state index in [-0.39, 0.29) is 0 Å². The van der Waals surface area contributed by atoms with E-state index in [1.54, 1.807) is 0 Å². The molecule has 0 amide bonds. The second kappa shape index (κ2) is 16.1. The number of nitrogens with zero attached hydrogens (tertiary/aromatic N) is 1. The zero-order valence-electron chi connectivity index (χ0n) is 29.4. The van der Waals surface area contributed by atoms with Crippen molar-refractivity contribution in [3.63, 3.8) is 0 Å². The molecule has 0 aliphatic heterocycles. The summed E-state index contributed by atoms with van der Waals surface area (Å²) in [7, 11) is 0. The van der Waals surface area contributed by atoms with E-state index >= 15 is 0 Å². The minimum atomic E-state index is -0.433. The molecule has 1 heteroatoms. The van der Waals surface area contributed by atoms with Gasteiger partial charge in [-0.1, -0.05) is 161 Å². The summed E-state index contributed by atoms with van der Waals surface area (Å²) < 4.78 is 0. The Bertz CT molecular complexity index is 1860. The van der Waals surface area contributed by atoms with Gasteiger partial charge in [0.25, 0.3) is 0 Å². The Labute approximate surface area is 289 Å². The standard InChI is InChI=1S/C43H37N.2C2H6/c1-3-16-36(4-2)44(37-27-25-33(26-28-37)32-17-8-5-9-18-32)38-29-30-40-39-23-14-15-24-41(39)43(42(40)31-38,34-19-10-6-11-20-34)35-21-12-7-13-22-35;2*1-2/h3-8,10-17,19-31H,9,18H2,1-2H3;2*1-2H3/b16-3-,36-4+;;. The third kappa shape index (κ3) is 6.26. The first-order chi connectivity index (χ1) is 23.8. The maximum absolute atomic E-state index is 2.44. The van der Waals surface area contributed by atoms with Gasteiger partial charge < -0.3 is 4.90 Å². The second-order valence-corrected chi connectivity index (χ2v) is 11.5. The van der Waals surface area contributed by atoms with E-state index in [0.29, 0.717) is 0 Å². The van der Waals surface area contributed by atoms with E-state index in [4.69, 9.17) is 0 Å². The van der Waals surface area contributed by atoms with Gasteiger partial charge in [0.05, 0.1) is 5.41 Å². The number of anilines is 2. The first kappa shape index (κ1) is 34.2. The van der Waals surface area contributed by atoms with Crippen molar-refractivity contribution in [1.82, 2.24) is 0 Å². The van der Waals surface area contributed by atoms with Gasteiger partial charge in [0.1, 0.15) is 0 Å². The minimum Gasteiger partial charge on any atom is -0.311 e. The van der Waals surface area contributed by atoms with Crippen molar-refractivity contribution in [2.45, 2.75) is 59.8 Å². The summed E-state index contributed by atoms with van der Waals surface area (Å²) in [6.07, 6.45) is 15.4. The summed E-state index contributed by atoms with van der Waals surface area (Å²) >= 11 is 0. The molecule has 2 aliphatic carbocycles. The zero-order chi connectivity index (χ0) is 33.9. The molecule has 0 unspecified atom stereocenters. The average molecular weight is 628 g/mol. The second-order valence-electron chi connectivity index (χ2n) is 11.5. The molecule has 7 rings (SSSR count). The van der Waals surface area contributed by atoms with Crippen LogP contribution in [-0.2, 0) is 5.41 Å². The fourth-order valence-electron chi connectivity index (χ4n) is 7.16. The molecule has 0 saturated heterocycles. The van der Waals surface area contributed by atoms with E-state index in [1.807, 2.05) is 27.7 Å². The summed E-state index contributed by atoms with van der Waals surface area (Å²) in [6, 6.07) is 47.1. The van der Waals surface area contributed by atoms with Crippen LogP contribution < -0.4 is 4.90 Å². The molecular formula is C47H49N. The number of allylic oxidation sites excluding steroid dienone is 7. The topological polar surface area (TPSA) is 3.24 Å². The van der Waals surface area contributed by atoms with Crippen molar-refractivity contribution < 1.29 is 0 Å². The van der Waals surface area contributed by atoms with Crippen LogP contribution in [0.1, 0.15) is 82.2 Å². The van der Waals surface area contributed by atoms with E-state index in [9.17, 15) is 0 Å². The predicted molar refractivity (Wildman–Crippen MR) is 210 cm³/mol. The molecule has 5 aromatic rings. The van der Waals surface area contributed by atoms with E-state index in [1.165, 1.54) is 44.5 Å². The van der Waals surface area contributed by atoms with Gasteiger partial charge in [0.2, 0.25) is 0 Å². The van der Waals surface area contributed by atoms with Crippen LogP contribution in [0.5, 0.6) is 0 Å². The van der Waals surface area contributed by atoms with Crippen LogP contribution in [0.2, 0.25) is 0 Å². The largest absolute Gasteiger partial charge is 0.311 e. The first-order valence-corrected chi connectivity index (χ1v) is 17.7. The number of hydrogen-bond acceptors (Lipinski definition) is 1. The highest BCUT2D eigenvalue weighted by atomic mass is 15.1. The molecule has 5 aromatic carbocycles. The first-order valence-electron chi connectivity index (χ1n) is 17.7. The molecule has 0 radical (unpaired) electrons. The van der Waals surface area contributed by atoms with Gasteiger partial charge in [0, 0.05) is 17.1 Å². The Morgan fingerprint density at radius 2 is 1.21 bits per heavy atom. The van der Waals surface area contributed by atoms with E-state index in [0.717, 1.165) is 29.9 Å². The molecule has 0 aromatic heterocycles. The van der Waals surface area contributed by atoms with Crippen LogP contribution in [-0.4, -0.2) is 0 Å². The van der Waals surface area contributed by atoms with Crippen LogP contribution in [0.15, 0.2) is 170 Å². The minimum absolute atomic E-state index is 0.433. The van der Waals surface area contributed by atoms with Gasteiger partial charge in [-0.05, 0) is 102 Å². The van der Waals surface area contributed by atoms with Crippen molar-refractivity contribution in [2.24, 2.45) is 0 Å². The summed E-state index contributed by atoms with van der Waals surface area (Å²) in [6.45, 7) is 12.2. The quantitative estimate of drug-likeness (QED) is 0.159. The fourth-order valence-corrected chi connectivity index (χ4v) is 7.16. The monoisotopic (exact) mass is 627 g/mol. The van der Waals surface area contributed by atoms with Crippen molar-refractivity contribution in [1.29, 1.82) is 0 Å². The van der Waals surface area contributed by atoms with Gasteiger partial charge >= 0.3 is 0 Å². The Hall–Kier alpha value is -5.14. The Morgan fingerprint density at radius 3 is 1.79 bits per heavy atom. The van der Waals surface area contributed by atoms with Crippen LogP contribution in [0.4, 0.5) is 11.4 Å². The molecule has 0 heterocycles. The number of hydrogen-bond donors (Lipinski definition) is 0. The zero-order valence-corrected chi connectivity index (χ0v) is 29.4. The summed E-state index contributed by atoms with van der Waals surface area (Å²) in [4.78, 5) is 2.39. The maximum atomic E-state index is 2.44. The fraction of sp³-hybridized carbons (Fsp3) is 0.191. The molecule has 0 atom stereocenters. The maximum Gasteiger partial charge on any atom is 0.0714 e. The highest BCUT2D eigenvalue weighted by molar-refractivity contribution is 5.88. The lowest BCUT2D eigenvalue weighted by atomic mass is 9.67. The molecular weight excluding hydrogens is 579 g/mol. The summed E-state index contributed by atoms with van der Waals surface area (Å²) in [5, 5.41) is 0. The third-order valence-corrected chi connectivity index (χ3v) is 9.10. The van der Waals surface area contributed by atoms with Crippen molar-refractivity contribution >= 4 is 16.9 Å². The predicted octanol–water partition coefficient (Wildman–Crippen LogP) is 13.5. The van der Waals surface area contributed by atoms with Gasteiger partial charge in [-0.2, -0.15) is 0 Å². The SMILES string of the molecule is C/C=C\C(=C/C)N(c1ccc(C2=CC=CCC2)cc1)c1ccc2c(c1)C(c1ccccc1)(c1ccccc1)c1ccccc1-2.CC.CC. The number of rotatable bonds is 7. The lowest BCUT2D eigenvalue weighted by Crippen LogP contribution is -2.28. The van der Waals surface area contributed by atoms with Crippen molar-refractivity contribution in [2.75, 3.05) is 4.90 Å². The Balaban J connectivity index is 0.00000109. The van der Waals surface area contributed by atoms with Gasteiger partial charge in [0.15, 0.2) is 0 Å². The smallest absolute Gasteiger partial charge is 0.0714 e. The lowest BCUT2D eigenvalue weighted by molar-refractivity contribution is 0.768. The Kier molecular flexibility index (Phi) is 11.5. The molecule has 2 aliphatic rings. The van der Waals surface area contributed by atoms with Crippen molar-refractivity contribution in [3.8, 4) is 11.1 Å². The summed E-state index contributed by atoms with van der Waals surface area (Å²) in [5.41, 5.74) is 13.5. The molecule has 0 fully saturated rings. The highest BCUT2D eigenvalue weighted by Crippen LogP contribution is 2.57. The van der Waals surface area contributed by atoms with Crippen LogP contribution in [0.25, 0.3) is 16.7 Å². The lowest BCUT2D eigenvalue weighted by Gasteiger charge is -2.35. The molecule has 0 spiro atoms. The Morgan fingerprint density at radius 1 is 0.625 bits per heavy atom. The van der Waals surface area contributed by atoms with Gasteiger partial charge in [-0.3, -0.25) is 0 Å². The van der Waals surface area contributed by atoms with Crippen LogP contribution in [0, 0.1) is 0 Å². The third-order valence-electron chi connectivity index (χ3n) is 9.10. The number of fused-ring (bicyclic) bond motifs is 3. The molecule has 48 heavy (non-hydrogen) atoms. The van der Waals surface area contributed by atoms with Gasteiger partial charge in [-0.25, -0.2) is 0 Å². The molecule has 0 bridgehead atoms. The highest BCUT2D eigenvalue weighted by Gasteiger charge is 2.46. The average Bonchev–Trinajstić information content (AvgIpc) is 3.48. The molecule has 1 nitrogen and oxygen atoms in total. The normalized spacial score (nSPS) is 14.1. The van der Waals surface area contributed by atoms with Crippen molar-refractivity contribution in [3.05, 3.63) is 197 Å². The van der Waals surface area contributed by atoms with Crippen LogP contribution in [0.3, 0.4) is 0 Å².